The molecule has 2 amide bonds. The van der Waals surface area contributed by atoms with Gasteiger partial charge in [0.15, 0.2) is 6.10 Å². The van der Waals surface area contributed by atoms with Gasteiger partial charge in [0.05, 0.1) is 0 Å². The van der Waals surface area contributed by atoms with Crippen LogP contribution >= 0.6 is 0 Å². The topological polar surface area (TPSA) is 169 Å². The van der Waals surface area contributed by atoms with Crippen molar-refractivity contribution < 1.29 is 57.3 Å². The highest BCUT2D eigenvalue weighted by Crippen LogP contribution is 2.17. The lowest BCUT2D eigenvalue weighted by Gasteiger charge is -2.26. The second kappa shape index (κ2) is 10.7. The van der Waals surface area contributed by atoms with Crippen molar-refractivity contribution in [3.63, 3.8) is 0 Å². The molecule has 0 spiro atoms. The zero-order valence-electron chi connectivity index (χ0n) is 18.5. The van der Waals surface area contributed by atoms with E-state index in [4.69, 9.17) is 18.9 Å². The number of amides is 2. The van der Waals surface area contributed by atoms with Crippen LogP contribution < -0.4 is 0 Å². The maximum absolute atomic E-state index is 12.6. The molecule has 0 saturated carbocycles. The van der Waals surface area contributed by atoms with E-state index in [0.717, 1.165) is 20.8 Å². The van der Waals surface area contributed by atoms with Crippen LogP contribution in [0.3, 0.4) is 0 Å². The molecule has 0 aliphatic carbocycles. The minimum Gasteiger partial charge on any atom is -0.457 e. The Morgan fingerprint density at radius 3 is 1.62 bits per heavy atom. The van der Waals surface area contributed by atoms with E-state index in [-0.39, 0.29) is 17.9 Å². The Morgan fingerprint density at radius 2 is 1.22 bits per heavy atom. The molecular formula is C19H25NO12. The number of hydroxylamine groups is 2. The van der Waals surface area contributed by atoms with Gasteiger partial charge in [0.1, 0.15) is 5.60 Å². The summed E-state index contributed by atoms with van der Waals surface area (Å²) in [7, 11) is 0. The van der Waals surface area contributed by atoms with Crippen molar-refractivity contribution in [3.05, 3.63) is 0 Å². The number of rotatable bonds is 8. The molecule has 13 heteroatoms. The molecule has 13 nitrogen and oxygen atoms in total. The number of imide groups is 1. The van der Waals surface area contributed by atoms with Crippen LogP contribution in [0.1, 0.15) is 54.4 Å². The van der Waals surface area contributed by atoms with Crippen molar-refractivity contribution in [2.45, 2.75) is 78.3 Å². The highest BCUT2D eigenvalue weighted by molar-refractivity contribution is 6.02. The van der Waals surface area contributed by atoms with E-state index in [2.05, 4.69) is 4.84 Å². The lowest BCUT2D eigenvalue weighted by Crippen LogP contribution is -2.50. The summed E-state index contributed by atoms with van der Waals surface area (Å²) in [6.07, 6.45) is -6.37. The Morgan fingerprint density at radius 1 is 0.781 bits per heavy atom. The summed E-state index contributed by atoms with van der Waals surface area (Å²) in [5, 5.41) is 0.151. The molecule has 1 aliphatic rings. The molecule has 0 unspecified atom stereocenters. The summed E-state index contributed by atoms with van der Waals surface area (Å²) in [6, 6.07) is 0. The molecule has 0 aromatic heterocycles. The lowest BCUT2D eigenvalue weighted by molar-refractivity contribution is -0.214. The van der Waals surface area contributed by atoms with E-state index in [1.807, 2.05) is 0 Å². The molecule has 178 valence electrons. The van der Waals surface area contributed by atoms with E-state index in [0.29, 0.717) is 0 Å². The smallest absolute Gasteiger partial charge is 0.377 e. The van der Waals surface area contributed by atoms with E-state index in [1.54, 1.807) is 20.8 Å². The number of carbonyl (C=O) groups excluding carboxylic acids is 7. The fourth-order valence-corrected chi connectivity index (χ4v) is 2.30. The number of ether oxygens (including phenoxy) is 4. The van der Waals surface area contributed by atoms with Crippen molar-refractivity contribution in [1.82, 2.24) is 5.06 Å². The SMILES string of the molecule is CC(=O)O[C@@H](C(=O)O[C@@H](C)C(=O)OC(C)(C)C)[C@@H](OC(C)=O)C(=O)ON1C(=O)CCC1=O. The van der Waals surface area contributed by atoms with Crippen molar-refractivity contribution in [3.8, 4) is 0 Å². The van der Waals surface area contributed by atoms with Crippen LogP contribution in [-0.4, -0.2) is 70.6 Å². The van der Waals surface area contributed by atoms with Crippen LogP contribution in [0.5, 0.6) is 0 Å². The minimum absolute atomic E-state index is 0.151. The molecule has 32 heavy (non-hydrogen) atoms. The van der Waals surface area contributed by atoms with E-state index < -0.39 is 65.6 Å². The predicted molar refractivity (Wildman–Crippen MR) is 99.7 cm³/mol. The van der Waals surface area contributed by atoms with E-state index >= 15 is 0 Å². The van der Waals surface area contributed by atoms with E-state index in [9.17, 15) is 33.6 Å². The van der Waals surface area contributed by atoms with Gasteiger partial charge in [-0.25, -0.2) is 14.4 Å². The first-order valence-corrected chi connectivity index (χ1v) is 9.47. The Kier molecular flexibility index (Phi) is 8.86. The molecule has 3 atom stereocenters. The highest BCUT2D eigenvalue weighted by Gasteiger charge is 2.45. The lowest BCUT2D eigenvalue weighted by atomic mass is 10.2. The van der Waals surface area contributed by atoms with Gasteiger partial charge in [-0.05, 0) is 27.7 Å². The normalized spacial score (nSPS) is 16.5. The van der Waals surface area contributed by atoms with Crippen LogP contribution in [0.25, 0.3) is 0 Å². The van der Waals surface area contributed by atoms with Gasteiger partial charge in [0.25, 0.3) is 11.8 Å². The second-order valence-electron chi connectivity index (χ2n) is 7.66. The zero-order chi connectivity index (χ0) is 24.8. The summed E-state index contributed by atoms with van der Waals surface area (Å²) in [6.45, 7) is 7.67. The maximum Gasteiger partial charge on any atom is 0.377 e. The number of carbonyl (C=O) groups is 7. The van der Waals surface area contributed by atoms with Gasteiger partial charge in [0, 0.05) is 26.7 Å². The molecule has 1 saturated heterocycles. The number of esters is 4. The summed E-state index contributed by atoms with van der Waals surface area (Å²) in [5.74, 6) is -7.78. The summed E-state index contributed by atoms with van der Waals surface area (Å²) in [5.41, 5.74) is -0.897. The molecule has 1 heterocycles. The van der Waals surface area contributed by atoms with Gasteiger partial charge >= 0.3 is 29.8 Å². The van der Waals surface area contributed by atoms with Crippen LogP contribution in [-0.2, 0) is 57.3 Å². The van der Waals surface area contributed by atoms with Crippen LogP contribution in [0.15, 0.2) is 0 Å². The molecule has 1 aliphatic heterocycles. The van der Waals surface area contributed by atoms with Crippen molar-refractivity contribution in [2.24, 2.45) is 0 Å². The number of hydrogen-bond acceptors (Lipinski definition) is 12. The first-order chi connectivity index (χ1) is 14.6. The maximum atomic E-state index is 12.6. The fourth-order valence-electron chi connectivity index (χ4n) is 2.30. The van der Waals surface area contributed by atoms with Gasteiger partial charge in [0.2, 0.25) is 12.2 Å². The van der Waals surface area contributed by atoms with E-state index in [1.165, 1.54) is 0 Å². The van der Waals surface area contributed by atoms with Gasteiger partial charge in [-0.3, -0.25) is 19.2 Å². The standard InChI is InChI=1S/C19H25NO12/c1-9(16(25)31-19(4,5)6)28-17(26)14(29-10(2)21)15(30-11(3)22)18(27)32-20-12(23)7-8-13(20)24/h9,14-15H,7-8H2,1-6H3/t9-,14+,15+/m0/s1. The van der Waals surface area contributed by atoms with Crippen LogP contribution in [0.4, 0.5) is 0 Å². The minimum atomic E-state index is -2.24. The molecule has 1 rings (SSSR count). The van der Waals surface area contributed by atoms with Crippen molar-refractivity contribution in [2.75, 3.05) is 0 Å². The molecular weight excluding hydrogens is 434 g/mol. The third-order valence-electron chi connectivity index (χ3n) is 3.54. The third kappa shape index (κ3) is 7.96. The average molecular weight is 459 g/mol. The number of hydrogen-bond donors (Lipinski definition) is 0. The Bertz CT molecular complexity index is 796. The van der Waals surface area contributed by atoms with Gasteiger partial charge in [-0.1, -0.05) is 0 Å². The molecule has 1 fully saturated rings. The molecule has 0 aromatic rings. The Hall–Kier alpha value is -3.51. The Labute approximate surface area is 183 Å². The van der Waals surface area contributed by atoms with Crippen LogP contribution in [0.2, 0.25) is 0 Å². The predicted octanol–water partition coefficient (Wildman–Crippen LogP) is -0.270. The zero-order valence-corrected chi connectivity index (χ0v) is 18.5. The average Bonchev–Trinajstić information content (AvgIpc) is 2.94. The van der Waals surface area contributed by atoms with Gasteiger partial charge in [-0.15, -0.1) is 5.06 Å². The quantitative estimate of drug-likeness (QED) is 0.265. The second-order valence-corrected chi connectivity index (χ2v) is 7.66. The van der Waals surface area contributed by atoms with Crippen molar-refractivity contribution >= 4 is 41.7 Å². The molecule has 0 radical (unpaired) electrons. The third-order valence-corrected chi connectivity index (χ3v) is 3.54. The fraction of sp³-hybridized carbons (Fsp3) is 0.632. The molecule has 0 aromatic carbocycles. The summed E-state index contributed by atoms with van der Waals surface area (Å²) >= 11 is 0. The first-order valence-electron chi connectivity index (χ1n) is 9.47. The Balaban J connectivity index is 3.11. The number of nitrogens with zero attached hydrogens (tertiary/aromatic N) is 1. The van der Waals surface area contributed by atoms with Crippen LogP contribution in [0, 0.1) is 0 Å². The first kappa shape index (κ1) is 26.5. The monoisotopic (exact) mass is 459 g/mol. The summed E-state index contributed by atoms with van der Waals surface area (Å²) < 4.78 is 19.5. The highest BCUT2D eigenvalue weighted by atomic mass is 16.7. The van der Waals surface area contributed by atoms with Crippen molar-refractivity contribution in [1.29, 1.82) is 0 Å². The summed E-state index contributed by atoms with van der Waals surface area (Å²) in [4.78, 5) is 88.2. The molecule has 0 bridgehead atoms. The van der Waals surface area contributed by atoms with Gasteiger partial charge < -0.3 is 23.8 Å². The molecule has 0 N–H and O–H groups in total. The largest absolute Gasteiger partial charge is 0.457 e. The van der Waals surface area contributed by atoms with Gasteiger partial charge in [-0.2, -0.15) is 0 Å².